The van der Waals surface area contributed by atoms with Crippen LogP contribution in [0.5, 0.6) is 5.88 Å². The Bertz CT molecular complexity index is 2060. The number of fused-ring (bicyclic) bond motifs is 3. The van der Waals surface area contributed by atoms with Gasteiger partial charge >= 0.3 is 0 Å². The minimum atomic E-state index is -3.81. The molecule has 1 amide bonds. The summed E-state index contributed by atoms with van der Waals surface area (Å²) in [4.78, 5) is 14.2. The number of carbonyl (C=O) groups is 1. The van der Waals surface area contributed by atoms with Crippen molar-refractivity contribution >= 4 is 21.5 Å². The highest BCUT2D eigenvalue weighted by molar-refractivity contribution is 7.90. The van der Waals surface area contributed by atoms with E-state index >= 15 is 0 Å². The van der Waals surface area contributed by atoms with Crippen LogP contribution in [0.3, 0.4) is 0 Å². The first-order valence-electron chi connectivity index (χ1n) is 17.3. The molecule has 3 unspecified atom stereocenters. The summed E-state index contributed by atoms with van der Waals surface area (Å²) in [7, 11) is -2.09. The molecule has 0 saturated heterocycles. The van der Waals surface area contributed by atoms with Gasteiger partial charge in [0.15, 0.2) is 0 Å². The number of amides is 1. The molecule has 2 aliphatic carbocycles. The van der Waals surface area contributed by atoms with Gasteiger partial charge in [-0.25, -0.2) is 18.4 Å². The predicted octanol–water partition coefficient (Wildman–Crippen LogP) is 6.91. The highest BCUT2D eigenvalue weighted by atomic mass is 32.2. The maximum atomic E-state index is 14.9. The van der Waals surface area contributed by atoms with Crippen LogP contribution in [0.25, 0.3) is 0 Å². The molecule has 256 valence electrons. The molecule has 10 heteroatoms. The third-order valence-electron chi connectivity index (χ3n) is 10.6. The molecule has 0 bridgehead atoms. The summed E-state index contributed by atoms with van der Waals surface area (Å²) in [6.07, 6.45) is 5.46. The first-order chi connectivity index (χ1) is 24.3. The normalized spacial score (nSPS) is 20.4. The molecule has 0 radical (unpaired) electrons. The van der Waals surface area contributed by atoms with Gasteiger partial charge in [0, 0.05) is 18.7 Å². The summed E-state index contributed by atoms with van der Waals surface area (Å²) in [5, 5.41) is 7.83. The average Bonchev–Trinajstić information content (AvgIpc) is 3.94. The van der Waals surface area contributed by atoms with Crippen molar-refractivity contribution in [2.24, 2.45) is 0 Å². The Balaban J connectivity index is 1.14. The van der Waals surface area contributed by atoms with Crippen LogP contribution < -0.4 is 14.8 Å². The predicted molar refractivity (Wildman–Crippen MR) is 193 cm³/mol. The number of anilines is 1. The molecule has 3 N–H and O–H groups in total. The molecule has 3 aliphatic rings. The Morgan fingerprint density at radius 2 is 1.58 bits per heavy atom. The summed E-state index contributed by atoms with van der Waals surface area (Å²) < 4.78 is 41.2. The van der Waals surface area contributed by atoms with Gasteiger partial charge in [0.2, 0.25) is 12.0 Å². The maximum Gasteiger partial charge on any atom is 0.267 e. The summed E-state index contributed by atoms with van der Waals surface area (Å²) in [5.41, 5.74) is 7.20. The Hall–Kier alpha value is -4.77. The fraction of sp³-hybridized carbons (Fsp3) is 0.300. The molecule has 1 aromatic heterocycles. The van der Waals surface area contributed by atoms with Crippen LogP contribution in [0.1, 0.15) is 70.7 Å². The standard InChI is InChI=1S/C40H41N5O4S/c1-26-37(38(46)43-36-33-20-12-13-27(33)23-28-21-22-29(25-48-2)35(28)36)49-39-34(24-42-45(26)39)50(41,47)44-40(30-14-6-3-7-15-30,31-16-8-4-9-17-31)32-18-10-5-11-19-32/h3-11,14-19,23-24,26,29,37H,12-13,20-22,25H2,1-2H3,(H,43,46)(H2,41,44,47)/t26?,29-,37?,50?/m0/s1. The Morgan fingerprint density at radius 1 is 0.960 bits per heavy atom. The van der Waals surface area contributed by atoms with E-state index < -0.39 is 27.6 Å². The lowest BCUT2D eigenvalue weighted by Gasteiger charge is -2.37. The molecule has 4 atom stereocenters. The van der Waals surface area contributed by atoms with Gasteiger partial charge in [0.1, 0.15) is 20.3 Å². The Labute approximate surface area is 293 Å². The van der Waals surface area contributed by atoms with Crippen LogP contribution in [0.2, 0.25) is 0 Å². The molecule has 9 nitrogen and oxygen atoms in total. The summed E-state index contributed by atoms with van der Waals surface area (Å²) in [6.45, 7) is 2.47. The minimum absolute atomic E-state index is 0.0912. The molecule has 50 heavy (non-hydrogen) atoms. The quantitative estimate of drug-likeness (QED) is 0.138. The molecule has 2 heterocycles. The zero-order chi connectivity index (χ0) is 34.5. The van der Waals surface area contributed by atoms with Crippen LogP contribution in [0, 0.1) is 4.78 Å². The Morgan fingerprint density at radius 3 is 2.18 bits per heavy atom. The number of hydrogen-bond acceptors (Lipinski definition) is 6. The second-order valence-electron chi connectivity index (χ2n) is 13.5. The molecule has 0 fully saturated rings. The average molecular weight is 688 g/mol. The number of aryl methyl sites for hydroxylation is 2. The lowest BCUT2D eigenvalue weighted by molar-refractivity contribution is -0.123. The van der Waals surface area contributed by atoms with Gasteiger partial charge in [0.25, 0.3) is 5.91 Å². The number of methoxy groups -OCH3 is 1. The van der Waals surface area contributed by atoms with Crippen molar-refractivity contribution < 1.29 is 18.5 Å². The van der Waals surface area contributed by atoms with Crippen molar-refractivity contribution in [3.8, 4) is 5.88 Å². The molecular weight excluding hydrogens is 647 g/mol. The van der Waals surface area contributed by atoms with Crippen molar-refractivity contribution in [1.82, 2.24) is 14.5 Å². The van der Waals surface area contributed by atoms with Gasteiger partial charge in [-0.1, -0.05) is 97.1 Å². The third-order valence-corrected chi connectivity index (χ3v) is 12.1. The number of nitrogens with zero attached hydrogens (tertiary/aromatic N) is 2. The second-order valence-corrected chi connectivity index (χ2v) is 15.3. The lowest BCUT2D eigenvalue weighted by atomic mass is 9.78. The van der Waals surface area contributed by atoms with Gasteiger partial charge in [-0.05, 0) is 78.0 Å². The molecule has 0 spiro atoms. The van der Waals surface area contributed by atoms with Crippen molar-refractivity contribution in [3.63, 3.8) is 0 Å². The highest BCUT2D eigenvalue weighted by Crippen LogP contribution is 2.46. The van der Waals surface area contributed by atoms with Crippen LogP contribution >= 0.6 is 0 Å². The fourth-order valence-corrected chi connectivity index (χ4v) is 9.72. The van der Waals surface area contributed by atoms with E-state index in [1.165, 1.54) is 28.5 Å². The zero-order valence-corrected chi connectivity index (χ0v) is 29.0. The van der Waals surface area contributed by atoms with Crippen molar-refractivity contribution in [2.75, 3.05) is 19.0 Å². The zero-order valence-electron chi connectivity index (χ0n) is 28.2. The number of ether oxygens (including phenoxy) is 2. The SMILES string of the molecule is COC[C@@H]1CCc2cc3c(c(NC(=O)C4Oc5c(S(=N)(=O)NC(c6ccccc6)(c6ccccc6)c6ccccc6)cnn5C4C)c21)CCC3. The molecule has 0 saturated carbocycles. The number of hydrogen-bond donors (Lipinski definition) is 3. The first kappa shape index (κ1) is 32.4. The first-order valence-corrected chi connectivity index (χ1v) is 18.8. The smallest absolute Gasteiger partial charge is 0.267 e. The van der Waals surface area contributed by atoms with E-state index in [1.54, 1.807) is 11.8 Å². The van der Waals surface area contributed by atoms with E-state index in [-0.39, 0.29) is 22.6 Å². The summed E-state index contributed by atoms with van der Waals surface area (Å²) in [6, 6.07) is 31.1. The maximum absolute atomic E-state index is 14.9. The lowest BCUT2D eigenvalue weighted by Crippen LogP contribution is -2.47. The number of benzene rings is 4. The van der Waals surface area contributed by atoms with Gasteiger partial charge in [-0.3, -0.25) is 4.79 Å². The van der Waals surface area contributed by atoms with E-state index in [9.17, 15) is 13.8 Å². The van der Waals surface area contributed by atoms with Crippen molar-refractivity contribution in [3.05, 3.63) is 142 Å². The summed E-state index contributed by atoms with van der Waals surface area (Å²) >= 11 is 0. The molecule has 1 aliphatic heterocycles. The van der Waals surface area contributed by atoms with E-state index in [4.69, 9.17) is 9.47 Å². The number of rotatable bonds is 10. The van der Waals surface area contributed by atoms with E-state index in [1.807, 2.05) is 97.9 Å². The van der Waals surface area contributed by atoms with Crippen LogP contribution in [0.4, 0.5) is 5.69 Å². The van der Waals surface area contributed by atoms with Gasteiger partial charge in [-0.15, -0.1) is 0 Å². The largest absolute Gasteiger partial charge is 0.461 e. The van der Waals surface area contributed by atoms with Crippen LogP contribution in [0.15, 0.2) is 108 Å². The number of carbonyl (C=O) groups excluding carboxylic acids is 1. The summed E-state index contributed by atoms with van der Waals surface area (Å²) in [5.74, 6) is 0.100. The van der Waals surface area contributed by atoms with E-state index in [0.29, 0.717) is 6.61 Å². The highest BCUT2D eigenvalue weighted by Gasteiger charge is 2.45. The number of aromatic nitrogens is 2. The number of nitrogens with one attached hydrogen (secondary N) is 3. The van der Waals surface area contributed by atoms with E-state index in [0.717, 1.165) is 54.5 Å². The van der Waals surface area contributed by atoms with Crippen molar-refractivity contribution in [2.45, 2.75) is 67.5 Å². The molecule has 8 rings (SSSR count). The van der Waals surface area contributed by atoms with Crippen LogP contribution in [-0.4, -0.2) is 39.7 Å². The van der Waals surface area contributed by atoms with Crippen molar-refractivity contribution in [1.29, 1.82) is 4.78 Å². The van der Waals surface area contributed by atoms with Crippen LogP contribution in [-0.2, 0) is 44.2 Å². The molecule has 5 aromatic rings. The van der Waals surface area contributed by atoms with Gasteiger partial charge in [-0.2, -0.15) is 5.10 Å². The minimum Gasteiger partial charge on any atom is -0.461 e. The van der Waals surface area contributed by atoms with E-state index in [2.05, 4.69) is 21.2 Å². The van der Waals surface area contributed by atoms with Gasteiger partial charge in [0.05, 0.1) is 18.8 Å². The molecule has 4 aromatic carbocycles. The Kier molecular flexibility index (Phi) is 8.33. The monoisotopic (exact) mass is 687 g/mol. The topological polar surface area (TPSA) is 118 Å². The second kappa shape index (κ2) is 12.8. The van der Waals surface area contributed by atoms with Gasteiger partial charge < -0.3 is 14.8 Å². The molecular formula is C40H41N5O4S. The fourth-order valence-electron chi connectivity index (χ4n) is 8.24. The third kappa shape index (κ3) is 5.33.